The molecule has 2 heterocycles. The molecule has 0 saturated heterocycles. The highest BCUT2D eigenvalue weighted by Crippen LogP contribution is 2.30. The third-order valence-electron chi connectivity index (χ3n) is 6.80. The van der Waals surface area contributed by atoms with Gasteiger partial charge in [-0.15, -0.1) is 11.3 Å². The maximum Gasteiger partial charge on any atom is 0.323 e. The van der Waals surface area contributed by atoms with Crippen LogP contribution in [-0.4, -0.2) is 33.4 Å². The van der Waals surface area contributed by atoms with Crippen molar-refractivity contribution in [2.75, 3.05) is 6.54 Å². The standard InChI is InChI=1S/C33H36N2O4S/c1-3-6-26(7-4-2)27-13-15-29(16-14-27)39-23-24-9-11-28(12-10-24)30-17-18-31(40-30)33(38)35(22-32(36)37)21-25-8-5-19-34-20-25/h5,8-20,26H,3-4,6-7,21-23H2,1-2H3,(H,36,37). The maximum absolute atomic E-state index is 13.2. The lowest BCUT2D eigenvalue weighted by Gasteiger charge is -2.19. The molecule has 4 rings (SSSR count). The van der Waals surface area contributed by atoms with Gasteiger partial charge in [0.2, 0.25) is 0 Å². The van der Waals surface area contributed by atoms with E-state index in [0.29, 0.717) is 17.4 Å². The molecule has 4 aromatic rings. The quantitative estimate of drug-likeness (QED) is 0.171. The number of nitrogens with zero attached hydrogens (tertiary/aromatic N) is 2. The third kappa shape index (κ3) is 8.02. The van der Waals surface area contributed by atoms with Crippen LogP contribution in [0.1, 0.15) is 71.8 Å². The molecule has 0 spiro atoms. The highest BCUT2D eigenvalue weighted by atomic mass is 32.1. The summed E-state index contributed by atoms with van der Waals surface area (Å²) in [7, 11) is 0. The number of rotatable bonds is 14. The summed E-state index contributed by atoms with van der Waals surface area (Å²) in [5.74, 6) is 0.110. The lowest BCUT2D eigenvalue weighted by atomic mass is 9.90. The van der Waals surface area contributed by atoms with E-state index in [2.05, 4.69) is 43.1 Å². The molecule has 40 heavy (non-hydrogen) atoms. The van der Waals surface area contributed by atoms with E-state index in [4.69, 9.17) is 4.74 Å². The van der Waals surface area contributed by atoms with Crippen molar-refractivity contribution in [2.45, 2.75) is 58.6 Å². The van der Waals surface area contributed by atoms with Crippen LogP contribution >= 0.6 is 11.3 Å². The molecule has 0 fully saturated rings. The second-order valence-electron chi connectivity index (χ2n) is 9.91. The number of carbonyl (C=O) groups excluding carboxylic acids is 1. The van der Waals surface area contributed by atoms with E-state index in [1.165, 1.54) is 47.5 Å². The van der Waals surface area contributed by atoms with Crippen LogP contribution in [0.25, 0.3) is 10.4 Å². The lowest BCUT2D eigenvalue weighted by Crippen LogP contribution is -2.34. The monoisotopic (exact) mass is 556 g/mol. The summed E-state index contributed by atoms with van der Waals surface area (Å²) in [5.41, 5.74) is 4.21. The molecule has 0 saturated carbocycles. The van der Waals surface area contributed by atoms with Gasteiger partial charge in [0.15, 0.2) is 0 Å². The molecule has 6 nitrogen and oxygen atoms in total. The number of pyridine rings is 1. The van der Waals surface area contributed by atoms with Gasteiger partial charge < -0.3 is 14.7 Å². The number of aromatic nitrogens is 1. The predicted molar refractivity (Wildman–Crippen MR) is 160 cm³/mol. The molecule has 0 aliphatic heterocycles. The van der Waals surface area contributed by atoms with Crippen molar-refractivity contribution < 1.29 is 19.4 Å². The first-order valence-corrected chi connectivity index (χ1v) is 14.6. The normalized spacial score (nSPS) is 11.0. The minimum absolute atomic E-state index is 0.182. The first-order valence-electron chi connectivity index (χ1n) is 13.8. The molecular formula is C33H36N2O4S. The molecule has 0 bridgehead atoms. The Hall–Kier alpha value is -3.97. The van der Waals surface area contributed by atoms with Crippen molar-refractivity contribution in [3.63, 3.8) is 0 Å². The van der Waals surface area contributed by atoms with E-state index in [1.54, 1.807) is 24.5 Å². The molecule has 0 unspecified atom stereocenters. The number of carboxylic acid groups (broad SMARTS) is 1. The number of aliphatic carboxylic acids is 1. The van der Waals surface area contributed by atoms with Gasteiger partial charge in [-0.3, -0.25) is 14.6 Å². The molecule has 0 aliphatic rings. The fourth-order valence-electron chi connectivity index (χ4n) is 4.78. The Labute approximate surface area is 240 Å². The van der Waals surface area contributed by atoms with Gasteiger partial charge in [-0.2, -0.15) is 0 Å². The number of thiophene rings is 1. The summed E-state index contributed by atoms with van der Waals surface area (Å²) in [5, 5.41) is 9.34. The molecule has 208 valence electrons. The van der Waals surface area contributed by atoms with Gasteiger partial charge in [0, 0.05) is 23.8 Å². The van der Waals surface area contributed by atoms with Crippen molar-refractivity contribution in [1.29, 1.82) is 0 Å². The van der Waals surface area contributed by atoms with Crippen molar-refractivity contribution in [3.05, 3.63) is 107 Å². The van der Waals surface area contributed by atoms with Crippen LogP contribution in [0.15, 0.2) is 85.2 Å². The van der Waals surface area contributed by atoms with E-state index >= 15 is 0 Å². The summed E-state index contributed by atoms with van der Waals surface area (Å²) in [6, 6.07) is 23.9. The zero-order valence-electron chi connectivity index (χ0n) is 23.1. The van der Waals surface area contributed by atoms with Crippen LogP contribution in [0.5, 0.6) is 5.75 Å². The summed E-state index contributed by atoms with van der Waals surface area (Å²) in [6.07, 6.45) is 8.09. The SMILES string of the molecule is CCCC(CCC)c1ccc(OCc2ccc(-c3ccc(C(=O)N(CC(=O)O)Cc4cccnc4)s3)cc2)cc1. The van der Waals surface area contributed by atoms with Gasteiger partial charge in [0.05, 0.1) is 4.88 Å². The largest absolute Gasteiger partial charge is 0.489 e. The second kappa shape index (κ2) is 14.4. The second-order valence-corrected chi connectivity index (χ2v) is 11.0. The molecule has 2 aromatic carbocycles. The molecule has 0 aliphatic carbocycles. The Kier molecular flexibility index (Phi) is 10.5. The fraction of sp³-hybridized carbons (Fsp3) is 0.303. The number of benzene rings is 2. The Morgan fingerprint density at radius 3 is 2.27 bits per heavy atom. The van der Waals surface area contributed by atoms with Crippen LogP contribution in [0.4, 0.5) is 0 Å². The lowest BCUT2D eigenvalue weighted by molar-refractivity contribution is -0.137. The molecule has 0 atom stereocenters. The van der Waals surface area contributed by atoms with Crippen LogP contribution in [0.3, 0.4) is 0 Å². The van der Waals surface area contributed by atoms with E-state index in [1.807, 2.05) is 36.4 Å². The van der Waals surface area contributed by atoms with Crippen molar-refractivity contribution in [3.8, 4) is 16.2 Å². The average molecular weight is 557 g/mol. The number of carboxylic acids is 1. The topological polar surface area (TPSA) is 79.7 Å². The Morgan fingerprint density at radius 1 is 0.925 bits per heavy atom. The van der Waals surface area contributed by atoms with Crippen molar-refractivity contribution >= 4 is 23.2 Å². The Balaban J connectivity index is 1.37. The highest BCUT2D eigenvalue weighted by Gasteiger charge is 2.21. The molecule has 1 amide bonds. The molecule has 7 heteroatoms. The summed E-state index contributed by atoms with van der Waals surface area (Å²) in [4.78, 5) is 31.4. The number of hydrogen-bond acceptors (Lipinski definition) is 5. The van der Waals surface area contributed by atoms with Crippen LogP contribution in [-0.2, 0) is 17.9 Å². The zero-order valence-corrected chi connectivity index (χ0v) is 23.9. The number of amides is 1. The van der Waals surface area contributed by atoms with Gasteiger partial charge in [0.1, 0.15) is 18.9 Å². The number of carbonyl (C=O) groups is 2. The van der Waals surface area contributed by atoms with Gasteiger partial charge in [-0.1, -0.05) is 69.2 Å². The van der Waals surface area contributed by atoms with E-state index < -0.39 is 5.97 Å². The molecular weight excluding hydrogens is 520 g/mol. The Morgan fingerprint density at radius 2 is 1.65 bits per heavy atom. The summed E-state index contributed by atoms with van der Waals surface area (Å²) in [6.45, 7) is 4.75. The number of ether oxygens (including phenoxy) is 1. The fourth-order valence-corrected chi connectivity index (χ4v) is 5.76. The molecule has 0 radical (unpaired) electrons. The van der Waals surface area contributed by atoms with Crippen molar-refractivity contribution in [2.24, 2.45) is 0 Å². The van der Waals surface area contributed by atoms with E-state index in [9.17, 15) is 14.7 Å². The third-order valence-corrected chi connectivity index (χ3v) is 7.92. The summed E-state index contributed by atoms with van der Waals surface area (Å²) >= 11 is 1.36. The first-order chi connectivity index (χ1) is 19.5. The maximum atomic E-state index is 13.2. The Bertz CT molecular complexity index is 1360. The molecule has 1 N–H and O–H groups in total. The minimum atomic E-state index is -1.06. The summed E-state index contributed by atoms with van der Waals surface area (Å²) < 4.78 is 6.03. The van der Waals surface area contributed by atoms with Gasteiger partial charge >= 0.3 is 5.97 Å². The van der Waals surface area contributed by atoms with Crippen LogP contribution in [0, 0.1) is 0 Å². The van der Waals surface area contributed by atoms with Crippen LogP contribution in [0.2, 0.25) is 0 Å². The minimum Gasteiger partial charge on any atom is -0.489 e. The van der Waals surface area contributed by atoms with Gasteiger partial charge in [-0.05, 0) is 71.3 Å². The van der Waals surface area contributed by atoms with Crippen LogP contribution < -0.4 is 4.74 Å². The zero-order chi connectivity index (χ0) is 28.3. The smallest absolute Gasteiger partial charge is 0.323 e. The molecule has 2 aromatic heterocycles. The number of hydrogen-bond donors (Lipinski definition) is 1. The average Bonchev–Trinajstić information content (AvgIpc) is 3.47. The predicted octanol–water partition coefficient (Wildman–Crippen LogP) is 7.80. The van der Waals surface area contributed by atoms with Gasteiger partial charge in [0.25, 0.3) is 5.91 Å². The van der Waals surface area contributed by atoms with Gasteiger partial charge in [-0.25, -0.2) is 0 Å². The first kappa shape index (κ1) is 29.0. The van der Waals surface area contributed by atoms with E-state index in [-0.39, 0.29) is 19.0 Å². The highest BCUT2D eigenvalue weighted by molar-refractivity contribution is 7.17. The van der Waals surface area contributed by atoms with Crippen molar-refractivity contribution in [1.82, 2.24) is 9.88 Å². The van der Waals surface area contributed by atoms with E-state index in [0.717, 1.165) is 27.3 Å².